The molecule has 4 nitrogen and oxygen atoms in total. The van der Waals surface area contributed by atoms with Crippen LogP contribution in [0.3, 0.4) is 0 Å². The smallest absolute Gasteiger partial charge is 0.0210 e. The number of hydrogen-bond acceptors (Lipinski definition) is 2. The fraction of sp³-hybridized carbons (Fsp3) is 0.250. The quantitative estimate of drug-likeness (QED) is 0.714. The highest BCUT2D eigenvalue weighted by Crippen LogP contribution is 2.29. The highest BCUT2D eigenvalue weighted by atomic mass is 15.1. The lowest BCUT2D eigenvalue weighted by atomic mass is 9.98. The molecule has 0 fully saturated rings. The van der Waals surface area contributed by atoms with Crippen LogP contribution in [0.1, 0.15) is 22.8 Å². The summed E-state index contributed by atoms with van der Waals surface area (Å²) < 4.78 is 0. The molecule has 0 unspecified atom stereocenters. The van der Waals surface area contributed by atoms with E-state index in [2.05, 4.69) is 44.7 Å². The first-order valence-electron chi connectivity index (χ1n) is 6.62. The number of aromatic nitrogens is 4. The molecule has 0 saturated heterocycles. The maximum atomic E-state index is 4.12. The van der Waals surface area contributed by atoms with Gasteiger partial charge in [0, 0.05) is 11.4 Å². The van der Waals surface area contributed by atoms with E-state index in [4.69, 9.17) is 0 Å². The number of nitrogens with zero attached hydrogens (tertiary/aromatic N) is 4. The Kier molecular flexibility index (Phi) is 2.93. The highest BCUT2D eigenvalue weighted by molar-refractivity contribution is 5.74. The van der Waals surface area contributed by atoms with Gasteiger partial charge in [-0.1, -0.05) is 38.1 Å². The zero-order valence-electron chi connectivity index (χ0n) is 12.1. The van der Waals surface area contributed by atoms with Crippen molar-refractivity contribution in [2.45, 2.75) is 27.7 Å². The van der Waals surface area contributed by atoms with Crippen molar-refractivity contribution in [2.24, 2.45) is 0 Å². The van der Waals surface area contributed by atoms with Gasteiger partial charge in [0.25, 0.3) is 0 Å². The summed E-state index contributed by atoms with van der Waals surface area (Å²) in [5.41, 5.74) is 8.44. The van der Waals surface area contributed by atoms with Crippen LogP contribution in [0.15, 0.2) is 24.3 Å². The van der Waals surface area contributed by atoms with Crippen LogP contribution in [0.25, 0.3) is 22.3 Å². The molecule has 20 heavy (non-hydrogen) atoms. The Hall–Kier alpha value is -2.36. The molecule has 0 saturated carbocycles. The molecule has 0 aliphatic carbocycles. The average molecular weight is 264 g/mol. The number of benzene rings is 1. The lowest BCUT2D eigenvalue weighted by molar-refractivity contribution is 0.990. The van der Waals surface area contributed by atoms with Crippen LogP contribution in [0, 0.1) is 27.7 Å². The lowest BCUT2D eigenvalue weighted by Crippen LogP contribution is -1.85. The van der Waals surface area contributed by atoms with Crippen LogP contribution in [-0.4, -0.2) is 10.2 Å². The lowest BCUT2D eigenvalue weighted by Gasteiger charge is -2.09. The summed E-state index contributed by atoms with van der Waals surface area (Å²) in [4.78, 5) is 0. The van der Waals surface area contributed by atoms with E-state index in [0.717, 1.165) is 45.0 Å². The van der Waals surface area contributed by atoms with Gasteiger partial charge >= 0.3 is 0 Å². The standard InChI is InChI=1S/C16H16N4/c1-9-15(10(2)18-17-9)13-5-7-14(8-6-13)16-11(3)19-20-12(16)4/h5-8H,1-4H3/q-2. The summed E-state index contributed by atoms with van der Waals surface area (Å²) in [5.74, 6) is 0. The van der Waals surface area contributed by atoms with Crippen molar-refractivity contribution in [3.05, 3.63) is 47.0 Å². The predicted molar refractivity (Wildman–Crippen MR) is 78.5 cm³/mol. The molecule has 1 aromatic carbocycles. The molecular formula is C16H16N4-2. The zero-order valence-corrected chi connectivity index (χ0v) is 12.1. The molecule has 0 radical (unpaired) electrons. The fourth-order valence-electron chi connectivity index (χ4n) is 2.66. The molecule has 102 valence electrons. The van der Waals surface area contributed by atoms with Gasteiger partial charge in [-0.3, -0.25) is 0 Å². The third-order valence-corrected chi connectivity index (χ3v) is 3.61. The van der Waals surface area contributed by atoms with Crippen molar-refractivity contribution in [1.29, 1.82) is 0 Å². The van der Waals surface area contributed by atoms with Crippen LogP contribution in [0.4, 0.5) is 0 Å². The first-order valence-corrected chi connectivity index (χ1v) is 6.62. The summed E-state index contributed by atoms with van der Waals surface area (Å²) in [6.45, 7) is 7.95. The fourth-order valence-corrected chi connectivity index (χ4v) is 2.66. The van der Waals surface area contributed by atoms with Gasteiger partial charge < -0.3 is 20.4 Å². The third kappa shape index (κ3) is 1.93. The Morgan fingerprint density at radius 1 is 0.650 bits per heavy atom. The summed E-state index contributed by atoms with van der Waals surface area (Å²) >= 11 is 0. The molecule has 2 aromatic heterocycles. The van der Waals surface area contributed by atoms with Crippen molar-refractivity contribution in [1.82, 2.24) is 20.4 Å². The molecule has 2 heterocycles. The van der Waals surface area contributed by atoms with E-state index in [0.29, 0.717) is 0 Å². The minimum atomic E-state index is 0.972. The normalized spacial score (nSPS) is 11.0. The van der Waals surface area contributed by atoms with Crippen LogP contribution in [0.5, 0.6) is 0 Å². The van der Waals surface area contributed by atoms with E-state index >= 15 is 0 Å². The second-order valence-corrected chi connectivity index (χ2v) is 5.07. The Morgan fingerprint density at radius 3 is 1.25 bits per heavy atom. The van der Waals surface area contributed by atoms with Gasteiger partial charge in [-0.2, -0.15) is 0 Å². The van der Waals surface area contributed by atoms with Gasteiger partial charge in [0.2, 0.25) is 0 Å². The van der Waals surface area contributed by atoms with Crippen molar-refractivity contribution in [3.8, 4) is 22.3 Å². The molecule has 0 bridgehead atoms. The van der Waals surface area contributed by atoms with Crippen LogP contribution >= 0.6 is 0 Å². The second-order valence-electron chi connectivity index (χ2n) is 5.07. The SMILES string of the molecule is Cc1n[n-]c(C)c1-c1ccc(-c2c(C)n[n-]c2C)cc1. The van der Waals surface area contributed by atoms with Crippen molar-refractivity contribution in [3.63, 3.8) is 0 Å². The first kappa shape index (κ1) is 12.7. The number of rotatable bonds is 2. The minimum Gasteiger partial charge on any atom is -0.578 e. The Labute approximate surface area is 118 Å². The average Bonchev–Trinajstić information content (AvgIpc) is 2.94. The van der Waals surface area contributed by atoms with Crippen molar-refractivity contribution < 1.29 is 0 Å². The predicted octanol–water partition coefficient (Wildman–Crippen LogP) is 2.96. The molecule has 0 spiro atoms. The number of aryl methyl sites for hydroxylation is 4. The van der Waals surface area contributed by atoms with Gasteiger partial charge in [-0.05, 0) is 36.1 Å². The van der Waals surface area contributed by atoms with Gasteiger partial charge in [-0.25, -0.2) is 0 Å². The molecule has 3 rings (SSSR count). The van der Waals surface area contributed by atoms with E-state index in [1.54, 1.807) is 0 Å². The molecule has 4 heteroatoms. The molecular weight excluding hydrogens is 248 g/mol. The molecule has 0 aliphatic rings. The molecule has 0 aliphatic heterocycles. The van der Waals surface area contributed by atoms with E-state index in [1.165, 1.54) is 0 Å². The summed E-state index contributed by atoms with van der Waals surface area (Å²) in [6.07, 6.45) is 0. The van der Waals surface area contributed by atoms with E-state index in [9.17, 15) is 0 Å². The van der Waals surface area contributed by atoms with E-state index < -0.39 is 0 Å². The molecule has 3 aromatic rings. The first-order chi connectivity index (χ1) is 9.58. The van der Waals surface area contributed by atoms with Gasteiger partial charge in [-0.15, -0.1) is 11.4 Å². The van der Waals surface area contributed by atoms with Crippen molar-refractivity contribution >= 4 is 0 Å². The summed E-state index contributed by atoms with van der Waals surface area (Å²) in [7, 11) is 0. The third-order valence-electron chi connectivity index (χ3n) is 3.61. The maximum Gasteiger partial charge on any atom is 0.0210 e. The zero-order chi connectivity index (χ0) is 14.3. The molecule has 0 amide bonds. The van der Waals surface area contributed by atoms with E-state index in [1.807, 2.05) is 27.7 Å². The summed E-state index contributed by atoms with van der Waals surface area (Å²) in [6, 6.07) is 8.44. The van der Waals surface area contributed by atoms with Crippen molar-refractivity contribution in [2.75, 3.05) is 0 Å². The van der Waals surface area contributed by atoms with Gasteiger partial charge in [0.05, 0.1) is 0 Å². The molecule has 0 atom stereocenters. The Bertz CT molecular complexity index is 643. The Morgan fingerprint density at radius 2 is 1.00 bits per heavy atom. The summed E-state index contributed by atoms with van der Waals surface area (Å²) in [5, 5.41) is 16.5. The monoisotopic (exact) mass is 264 g/mol. The maximum absolute atomic E-state index is 4.12. The highest BCUT2D eigenvalue weighted by Gasteiger charge is 2.06. The van der Waals surface area contributed by atoms with Crippen LogP contribution < -0.4 is 10.2 Å². The molecule has 0 N–H and O–H groups in total. The Balaban J connectivity index is 2.05. The number of hydrogen-bond donors (Lipinski definition) is 0. The van der Waals surface area contributed by atoms with E-state index in [-0.39, 0.29) is 0 Å². The van der Waals surface area contributed by atoms with Crippen LogP contribution in [0.2, 0.25) is 0 Å². The minimum absolute atomic E-state index is 0.972. The topological polar surface area (TPSA) is 54.0 Å². The second kappa shape index (κ2) is 4.63. The van der Waals surface area contributed by atoms with Gasteiger partial charge in [0.15, 0.2) is 0 Å². The van der Waals surface area contributed by atoms with Crippen LogP contribution in [-0.2, 0) is 0 Å². The largest absolute Gasteiger partial charge is 0.578 e. The van der Waals surface area contributed by atoms with Gasteiger partial charge in [0.1, 0.15) is 0 Å².